The molecule has 116 valence electrons. The van der Waals surface area contributed by atoms with E-state index in [1.54, 1.807) is 13.0 Å². The lowest BCUT2D eigenvalue weighted by Crippen LogP contribution is -2.40. The number of pyridine rings is 1. The quantitative estimate of drug-likeness (QED) is 0.801. The maximum absolute atomic E-state index is 11.9. The van der Waals surface area contributed by atoms with Crippen molar-refractivity contribution in [3.05, 3.63) is 17.8 Å². The molecule has 1 saturated carbocycles. The first-order valence-electron chi connectivity index (χ1n) is 7.32. The molecule has 2 rings (SSSR count). The summed E-state index contributed by atoms with van der Waals surface area (Å²) in [4.78, 5) is 17.9. The van der Waals surface area contributed by atoms with Crippen LogP contribution in [0.2, 0.25) is 0 Å². The van der Waals surface area contributed by atoms with Crippen molar-refractivity contribution < 1.29 is 14.6 Å². The average molecular weight is 293 g/mol. The van der Waals surface area contributed by atoms with E-state index in [0.29, 0.717) is 30.2 Å². The lowest BCUT2D eigenvalue weighted by atomic mass is 10.0. The lowest BCUT2D eigenvalue weighted by Gasteiger charge is -2.30. The monoisotopic (exact) mass is 293 g/mol. The molecule has 0 aromatic carbocycles. The van der Waals surface area contributed by atoms with Gasteiger partial charge in [-0.05, 0) is 25.8 Å². The Balaban J connectivity index is 2.19. The number of nitrogens with zero attached hydrogens (tertiary/aromatic N) is 2. The maximum Gasteiger partial charge on any atom is 0.340 e. The number of likely N-dealkylation sites (N-methyl/N-ethyl adjacent to an activating group) is 1. The Morgan fingerprint density at radius 2 is 2.19 bits per heavy atom. The van der Waals surface area contributed by atoms with Gasteiger partial charge in [-0.15, -0.1) is 0 Å². The van der Waals surface area contributed by atoms with Crippen LogP contribution < -0.4 is 10.6 Å². The van der Waals surface area contributed by atoms with E-state index >= 15 is 0 Å². The molecule has 6 nitrogen and oxygen atoms in total. The summed E-state index contributed by atoms with van der Waals surface area (Å²) in [5.41, 5.74) is 5.96. The zero-order valence-electron chi connectivity index (χ0n) is 12.6. The fraction of sp³-hybridized carbons (Fsp3) is 0.600. The Hall–Kier alpha value is -1.82. The van der Waals surface area contributed by atoms with Gasteiger partial charge in [0.1, 0.15) is 0 Å². The topological polar surface area (TPSA) is 88.7 Å². The highest BCUT2D eigenvalue weighted by molar-refractivity contribution is 5.97. The van der Waals surface area contributed by atoms with Gasteiger partial charge >= 0.3 is 5.97 Å². The molecule has 1 aliphatic carbocycles. The summed E-state index contributed by atoms with van der Waals surface area (Å²) >= 11 is 0. The number of aromatic nitrogens is 1. The number of rotatable bonds is 5. The van der Waals surface area contributed by atoms with Gasteiger partial charge in [-0.25, -0.2) is 9.78 Å². The van der Waals surface area contributed by atoms with E-state index in [1.807, 2.05) is 11.9 Å². The summed E-state index contributed by atoms with van der Waals surface area (Å²) in [6, 6.07) is 1.55. The molecule has 1 fully saturated rings. The molecule has 1 aromatic heterocycles. The number of hydrogen-bond acceptors (Lipinski definition) is 6. The van der Waals surface area contributed by atoms with Crippen molar-refractivity contribution in [2.24, 2.45) is 0 Å². The van der Waals surface area contributed by atoms with Crippen LogP contribution in [-0.2, 0) is 4.74 Å². The van der Waals surface area contributed by atoms with Crippen LogP contribution in [0.4, 0.5) is 11.5 Å². The SMILES string of the molecule is CCOC(=O)c1ccnc(N(C)CC2(O)CCCC2)c1N. The van der Waals surface area contributed by atoms with Crippen molar-refractivity contribution in [2.45, 2.75) is 38.2 Å². The van der Waals surface area contributed by atoms with E-state index in [0.717, 1.165) is 25.7 Å². The molecule has 0 amide bonds. The summed E-state index contributed by atoms with van der Waals surface area (Å²) < 4.78 is 4.98. The van der Waals surface area contributed by atoms with Crippen molar-refractivity contribution >= 4 is 17.5 Å². The van der Waals surface area contributed by atoms with E-state index in [2.05, 4.69) is 4.98 Å². The number of ether oxygens (including phenoxy) is 1. The predicted octanol–water partition coefficient (Wildman–Crippen LogP) is 1.58. The summed E-state index contributed by atoms with van der Waals surface area (Å²) in [6.45, 7) is 2.50. The first kappa shape index (κ1) is 15.6. The van der Waals surface area contributed by atoms with Crippen LogP contribution in [0.3, 0.4) is 0 Å². The second-order valence-corrected chi connectivity index (χ2v) is 5.60. The largest absolute Gasteiger partial charge is 0.462 e. The highest BCUT2D eigenvalue weighted by Gasteiger charge is 2.33. The molecule has 1 aromatic rings. The lowest BCUT2D eigenvalue weighted by molar-refractivity contribution is 0.0527. The van der Waals surface area contributed by atoms with Crippen LogP contribution >= 0.6 is 0 Å². The smallest absolute Gasteiger partial charge is 0.340 e. The molecule has 0 spiro atoms. The van der Waals surface area contributed by atoms with Gasteiger partial charge in [-0.2, -0.15) is 0 Å². The van der Waals surface area contributed by atoms with E-state index in [-0.39, 0.29) is 0 Å². The Labute approximate surface area is 124 Å². The normalized spacial score (nSPS) is 16.7. The number of nitrogens with two attached hydrogens (primary N) is 1. The van der Waals surface area contributed by atoms with Gasteiger partial charge in [0.2, 0.25) is 0 Å². The van der Waals surface area contributed by atoms with Gasteiger partial charge in [0.15, 0.2) is 5.82 Å². The van der Waals surface area contributed by atoms with E-state index in [1.165, 1.54) is 6.20 Å². The minimum absolute atomic E-state index is 0.292. The molecular formula is C15H23N3O3. The summed E-state index contributed by atoms with van der Waals surface area (Å²) in [7, 11) is 1.82. The van der Waals surface area contributed by atoms with Crippen LogP contribution in [-0.4, -0.2) is 41.9 Å². The Morgan fingerprint density at radius 1 is 1.52 bits per heavy atom. The number of carbonyl (C=O) groups is 1. The molecule has 1 heterocycles. The molecule has 21 heavy (non-hydrogen) atoms. The van der Waals surface area contributed by atoms with Crippen molar-refractivity contribution in [3.63, 3.8) is 0 Å². The predicted molar refractivity (Wildman–Crippen MR) is 81.3 cm³/mol. The van der Waals surface area contributed by atoms with Gasteiger partial charge in [0.05, 0.1) is 23.5 Å². The second kappa shape index (κ2) is 6.30. The molecule has 0 saturated heterocycles. The zero-order valence-corrected chi connectivity index (χ0v) is 12.6. The molecular weight excluding hydrogens is 270 g/mol. The number of esters is 1. The van der Waals surface area contributed by atoms with Gasteiger partial charge in [-0.3, -0.25) is 0 Å². The summed E-state index contributed by atoms with van der Waals surface area (Å²) in [5.74, 6) is 0.0486. The minimum atomic E-state index is -0.692. The fourth-order valence-corrected chi connectivity index (χ4v) is 2.86. The number of carbonyl (C=O) groups excluding carboxylic acids is 1. The van der Waals surface area contributed by atoms with Crippen molar-refractivity contribution in [1.82, 2.24) is 4.98 Å². The van der Waals surface area contributed by atoms with Crippen LogP contribution in [0.1, 0.15) is 43.0 Å². The molecule has 3 N–H and O–H groups in total. The number of anilines is 2. The van der Waals surface area contributed by atoms with Crippen LogP contribution in [0.25, 0.3) is 0 Å². The Morgan fingerprint density at radius 3 is 2.81 bits per heavy atom. The van der Waals surface area contributed by atoms with Gasteiger partial charge in [0, 0.05) is 19.8 Å². The first-order chi connectivity index (χ1) is 9.97. The molecule has 0 radical (unpaired) electrons. The molecule has 1 aliphatic rings. The molecule has 0 aliphatic heterocycles. The number of aliphatic hydroxyl groups is 1. The van der Waals surface area contributed by atoms with Crippen LogP contribution in [0.15, 0.2) is 12.3 Å². The van der Waals surface area contributed by atoms with E-state index < -0.39 is 11.6 Å². The third-order valence-corrected chi connectivity index (χ3v) is 3.89. The molecule has 0 unspecified atom stereocenters. The number of hydrogen-bond donors (Lipinski definition) is 2. The van der Waals surface area contributed by atoms with Crippen molar-refractivity contribution in [1.29, 1.82) is 0 Å². The molecule has 6 heteroatoms. The van der Waals surface area contributed by atoms with E-state index in [4.69, 9.17) is 10.5 Å². The van der Waals surface area contributed by atoms with Gasteiger partial charge in [-0.1, -0.05) is 12.8 Å². The van der Waals surface area contributed by atoms with Crippen molar-refractivity contribution in [2.75, 3.05) is 30.8 Å². The van der Waals surface area contributed by atoms with Gasteiger partial charge in [0.25, 0.3) is 0 Å². The Bertz CT molecular complexity index is 513. The van der Waals surface area contributed by atoms with Crippen molar-refractivity contribution in [3.8, 4) is 0 Å². The maximum atomic E-state index is 11.9. The third kappa shape index (κ3) is 3.44. The second-order valence-electron chi connectivity index (χ2n) is 5.60. The highest BCUT2D eigenvalue weighted by Crippen LogP contribution is 2.32. The van der Waals surface area contributed by atoms with E-state index in [9.17, 15) is 9.90 Å². The average Bonchev–Trinajstić information content (AvgIpc) is 2.85. The molecule has 0 bridgehead atoms. The fourth-order valence-electron chi connectivity index (χ4n) is 2.86. The first-order valence-corrected chi connectivity index (χ1v) is 7.32. The zero-order chi connectivity index (χ0) is 15.5. The van der Waals surface area contributed by atoms with Gasteiger partial charge < -0.3 is 20.5 Å². The standard InChI is InChI=1S/C15H23N3O3/c1-3-21-14(19)11-6-9-17-13(12(11)16)18(2)10-15(20)7-4-5-8-15/h6,9,20H,3-5,7-8,10,16H2,1-2H3. The summed E-state index contributed by atoms with van der Waals surface area (Å²) in [5, 5.41) is 10.5. The highest BCUT2D eigenvalue weighted by atomic mass is 16.5. The minimum Gasteiger partial charge on any atom is -0.462 e. The molecule has 0 atom stereocenters. The van der Waals surface area contributed by atoms with Crippen LogP contribution in [0, 0.1) is 0 Å². The third-order valence-electron chi connectivity index (χ3n) is 3.89. The summed E-state index contributed by atoms with van der Waals surface area (Å²) in [6.07, 6.45) is 5.18. The number of nitrogen functional groups attached to an aromatic ring is 1. The Kier molecular flexibility index (Phi) is 4.67. The van der Waals surface area contributed by atoms with Crippen LogP contribution in [0.5, 0.6) is 0 Å².